The van der Waals surface area contributed by atoms with E-state index in [1.165, 1.54) is 16.9 Å². The molecule has 2 aromatic heterocycles. The van der Waals surface area contributed by atoms with Crippen molar-refractivity contribution in [2.24, 2.45) is 0 Å². The summed E-state index contributed by atoms with van der Waals surface area (Å²) in [5.74, 6) is -0.0472. The van der Waals surface area contributed by atoms with Crippen LogP contribution >= 0.6 is 11.3 Å². The molecule has 3 aromatic rings. The summed E-state index contributed by atoms with van der Waals surface area (Å²) in [7, 11) is 0. The van der Waals surface area contributed by atoms with Crippen molar-refractivity contribution in [3.8, 4) is 11.3 Å². The van der Waals surface area contributed by atoms with E-state index in [1.54, 1.807) is 6.20 Å². The number of hydrogen-bond donors (Lipinski definition) is 1. The lowest BCUT2D eigenvalue weighted by Gasteiger charge is -2.10. The standard InChI is InChI=1S/C18H16N2OS/c1-13-5-2-6-14(11-13)17-15(7-3-9-19-17)12-20-18(21)16-8-4-10-22-16/h2-11H,12H2,1H3,(H,20,21). The maximum atomic E-state index is 12.1. The van der Waals surface area contributed by atoms with E-state index in [0.717, 1.165) is 21.7 Å². The van der Waals surface area contributed by atoms with Crippen LogP contribution in [0.4, 0.5) is 0 Å². The molecule has 0 unspecified atom stereocenters. The molecule has 2 heterocycles. The molecule has 0 aliphatic rings. The van der Waals surface area contributed by atoms with Gasteiger partial charge in [-0.25, -0.2) is 0 Å². The number of hydrogen-bond acceptors (Lipinski definition) is 3. The van der Waals surface area contributed by atoms with Crippen LogP contribution in [0.1, 0.15) is 20.8 Å². The molecule has 0 aliphatic heterocycles. The lowest BCUT2D eigenvalue weighted by molar-refractivity contribution is 0.0955. The van der Waals surface area contributed by atoms with Crippen molar-refractivity contribution in [1.82, 2.24) is 10.3 Å². The van der Waals surface area contributed by atoms with Crippen LogP contribution in [0.25, 0.3) is 11.3 Å². The zero-order chi connectivity index (χ0) is 15.4. The van der Waals surface area contributed by atoms with Gasteiger partial charge in [0.2, 0.25) is 0 Å². The van der Waals surface area contributed by atoms with Crippen molar-refractivity contribution in [2.75, 3.05) is 0 Å². The van der Waals surface area contributed by atoms with Gasteiger partial charge in [0.15, 0.2) is 0 Å². The zero-order valence-electron chi connectivity index (χ0n) is 12.2. The number of amides is 1. The molecule has 0 spiro atoms. The van der Waals surface area contributed by atoms with E-state index in [-0.39, 0.29) is 5.91 Å². The molecule has 22 heavy (non-hydrogen) atoms. The molecule has 0 saturated heterocycles. The molecule has 0 fully saturated rings. The molecule has 0 atom stereocenters. The predicted molar refractivity (Wildman–Crippen MR) is 89.9 cm³/mol. The topological polar surface area (TPSA) is 42.0 Å². The third-order valence-electron chi connectivity index (χ3n) is 3.37. The number of pyridine rings is 1. The molecule has 3 rings (SSSR count). The van der Waals surface area contributed by atoms with Gasteiger partial charge in [-0.1, -0.05) is 35.9 Å². The number of carbonyl (C=O) groups is 1. The van der Waals surface area contributed by atoms with Gasteiger partial charge in [-0.05, 0) is 36.1 Å². The molecule has 0 aliphatic carbocycles. The molecule has 1 aromatic carbocycles. The maximum absolute atomic E-state index is 12.1. The Balaban J connectivity index is 1.81. The number of thiophene rings is 1. The van der Waals surface area contributed by atoms with Crippen molar-refractivity contribution in [3.05, 3.63) is 76.1 Å². The van der Waals surface area contributed by atoms with E-state index in [4.69, 9.17) is 0 Å². The van der Waals surface area contributed by atoms with Crippen LogP contribution in [0, 0.1) is 6.92 Å². The van der Waals surface area contributed by atoms with Crippen molar-refractivity contribution in [2.45, 2.75) is 13.5 Å². The van der Waals surface area contributed by atoms with E-state index >= 15 is 0 Å². The van der Waals surface area contributed by atoms with Crippen LogP contribution in [0.2, 0.25) is 0 Å². The Kier molecular flexibility index (Phi) is 4.30. The lowest BCUT2D eigenvalue weighted by atomic mass is 10.0. The second-order valence-electron chi connectivity index (χ2n) is 5.04. The summed E-state index contributed by atoms with van der Waals surface area (Å²) in [5.41, 5.74) is 4.19. The van der Waals surface area contributed by atoms with Crippen LogP contribution in [0.3, 0.4) is 0 Å². The Morgan fingerprint density at radius 2 is 2.09 bits per heavy atom. The van der Waals surface area contributed by atoms with E-state index in [2.05, 4.69) is 29.4 Å². The molecule has 3 nitrogen and oxygen atoms in total. The van der Waals surface area contributed by atoms with Crippen LogP contribution in [-0.4, -0.2) is 10.9 Å². The highest BCUT2D eigenvalue weighted by Gasteiger charge is 2.10. The minimum atomic E-state index is -0.0472. The second-order valence-corrected chi connectivity index (χ2v) is 5.99. The SMILES string of the molecule is Cc1cccc(-c2ncccc2CNC(=O)c2cccs2)c1. The largest absolute Gasteiger partial charge is 0.347 e. The van der Waals surface area contributed by atoms with E-state index in [9.17, 15) is 4.79 Å². The molecule has 110 valence electrons. The van der Waals surface area contributed by atoms with Gasteiger partial charge in [-0.15, -0.1) is 11.3 Å². The Bertz CT molecular complexity index is 781. The number of aryl methyl sites for hydroxylation is 1. The van der Waals surface area contributed by atoms with Crippen molar-refractivity contribution >= 4 is 17.2 Å². The average molecular weight is 308 g/mol. The van der Waals surface area contributed by atoms with E-state index in [1.807, 2.05) is 41.8 Å². The Morgan fingerprint density at radius 1 is 1.18 bits per heavy atom. The second kappa shape index (κ2) is 6.54. The zero-order valence-corrected chi connectivity index (χ0v) is 13.1. The van der Waals surface area contributed by atoms with Gasteiger partial charge in [0.1, 0.15) is 0 Å². The van der Waals surface area contributed by atoms with Crippen molar-refractivity contribution < 1.29 is 4.79 Å². The fourth-order valence-electron chi connectivity index (χ4n) is 2.30. The third kappa shape index (κ3) is 3.23. The van der Waals surface area contributed by atoms with Crippen molar-refractivity contribution in [3.63, 3.8) is 0 Å². The Morgan fingerprint density at radius 3 is 2.86 bits per heavy atom. The summed E-state index contributed by atoms with van der Waals surface area (Å²) < 4.78 is 0. The van der Waals surface area contributed by atoms with Gasteiger partial charge in [0.25, 0.3) is 5.91 Å². The highest BCUT2D eigenvalue weighted by atomic mass is 32.1. The maximum Gasteiger partial charge on any atom is 0.261 e. The number of carbonyl (C=O) groups excluding carboxylic acids is 1. The van der Waals surface area contributed by atoms with E-state index < -0.39 is 0 Å². The first-order valence-electron chi connectivity index (χ1n) is 7.06. The number of benzene rings is 1. The highest BCUT2D eigenvalue weighted by molar-refractivity contribution is 7.12. The number of rotatable bonds is 4. The molecule has 0 bridgehead atoms. The molecule has 0 saturated carbocycles. The molecule has 1 N–H and O–H groups in total. The summed E-state index contributed by atoms with van der Waals surface area (Å²) in [6, 6.07) is 15.8. The van der Waals surface area contributed by atoms with Crippen LogP contribution in [0.15, 0.2) is 60.1 Å². The van der Waals surface area contributed by atoms with Gasteiger partial charge in [-0.3, -0.25) is 9.78 Å². The van der Waals surface area contributed by atoms with Crippen LogP contribution in [-0.2, 0) is 6.54 Å². The van der Waals surface area contributed by atoms with Gasteiger partial charge in [0.05, 0.1) is 10.6 Å². The summed E-state index contributed by atoms with van der Waals surface area (Å²) in [6.07, 6.45) is 1.78. The predicted octanol–water partition coefficient (Wildman–Crippen LogP) is 4.05. The van der Waals surface area contributed by atoms with Gasteiger partial charge < -0.3 is 5.32 Å². The Hall–Kier alpha value is -2.46. The van der Waals surface area contributed by atoms with Crippen LogP contribution < -0.4 is 5.32 Å². The third-order valence-corrected chi connectivity index (χ3v) is 4.24. The van der Waals surface area contributed by atoms with Gasteiger partial charge in [0, 0.05) is 18.3 Å². The fourth-order valence-corrected chi connectivity index (χ4v) is 2.94. The smallest absolute Gasteiger partial charge is 0.261 e. The number of aromatic nitrogens is 1. The molecule has 0 radical (unpaired) electrons. The molecule has 4 heteroatoms. The Labute approximate surface area is 133 Å². The normalized spacial score (nSPS) is 10.4. The average Bonchev–Trinajstić information content (AvgIpc) is 3.07. The summed E-state index contributed by atoms with van der Waals surface area (Å²) >= 11 is 1.44. The lowest BCUT2D eigenvalue weighted by Crippen LogP contribution is -2.22. The minimum Gasteiger partial charge on any atom is -0.347 e. The highest BCUT2D eigenvalue weighted by Crippen LogP contribution is 2.22. The summed E-state index contributed by atoms with van der Waals surface area (Å²) in [4.78, 5) is 17.3. The first-order valence-corrected chi connectivity index (χ1v) is 7.94. The quantitative estimate of drug-likeness (QED) is 0.790. The molecular weight excluding hydrogens is 292 g/mol. The summed E-state index contributed by atoms with van der Waals surface area (Å²) in [5, 5.41) is 4.86. The molecular formula is C18H16N2OS. The van der Waals surface area contributed by atoms with Crippen LogP contribution in [0.5, 0.6) is 0 Å². The minimum absolute atomic E-state index is 0.0472. The monoisotopic (exact) mass is 308 g/mol. The number of nitrogens with zero attached hydrogens (tertiary/aromatic N) is 1. The van der Waals surface area contributed by atoms with Crippen molar-refractivity contribution in [1.29, 1.82) is 0 Å². The van der Waals surface area contributed by atoms with E-state index in [0.29, 0.717) is 6.54 Å². The summed E-state index contributed by atoms with van der Waals surface area (Å²) in [6.45, 7) is 2.53. The number of nitrogens with one attached hydrogen (secondary N) is 1. The first kappa shape index (κ1) is 14.5. The van der Waals surface area contributed by atoms with Gasteiger partial charge >= 0.3 is 0 Å². The van der Waals surface area contributed by atoms with Gasteiger partial charge in [-0.2, -0.15) is 0 Å². The first-order chi connectivity index (χ1) is 10.7. The fraction of sp³-hybridized carbons (Fsp3) is 0.111. The molecule has 1 amide bonds.